The van der Waals surface area contributed by atoms with Crippen molar-refractivity contribution in [2.45, 2.75) is 17.8 Å². The molecule has 1 atom stereocenters. The minimum atomic E-state index is -3.70. The average molecular weight is 303 g/mol. The summed E-state index contributed by atoms with van der Waals surface area (Å²) in [5.41, 5.74) is 0. The molecule has 2 rings (SSSR count). The van der Waals surface area contributed by atoms with Crippen LogP contribution in [0.2, 0.25) is 5.15 Å². The summed E-state index contributed by atoms with van der Waals surface area (Å²) in [7, 11) is -3.70. The van der Waals surface area contributed by atoms with Gasteiger partial charge in [-0.3, -0.25) is 0 Å². The lowest BCUT2D eigenvalue weighted by Gasteiger charge is -2.30. The van der Waals surface area contributed by atoms with Crippen LogP contribution in [0.1, 0.15) is 11.0 Å². The molecule has 5 nitrogen and oxygen atoms in total. The van der Waals surface area contributed by atoms with E-state index in [1.807, 2.05) is 0 Å². The van der Waals surface area contributed by atoms with Gasteiger partial charge in [-0.05, 0) is 19.0 Å². The summed E-state index contributed by atoms with van der Waals surface area (Å²) < 4.78 is 47.4. The van der Waals surface area contributed by atoms with E-state index in [0.717, 1.165) is 0 Å². The minimum Gasteiger partial charge on any atom is -0.301 e. The number of pyridine rings is 1. The summed E-state index contributed by atoms with van der Waals surface area (Å²) in [5.74, 6) is 4.70. The molecule has 0 spiro atoms. The Morgan fingerprint density at radius 3 is 3.16 bits per heavy atom. The van der Waals surface area contributed by atoms with Gasteiger partial charge in [0.15, 0.2) is 0 Å². The summed E-state index contributed by atoms with van der Waals surface area (Å²) in [5, 5.41) is 3.20. The second-order valence-electron chi connectivity index (χ2n) is 3.96. The molecule has 0 bridgehead atoms. The van der Waals surface area contributed by atoms with E-state index in [4.69, 9.17) is 15.7 Å². The van der Waals surface area contributed by atoms with E-state index in [0.29, 0.717) is 6.54 Å². The highest BCUT2D eigenvalue weighted by molar-refractivity contribution is 7.89. The molecule has 7 heteroatoms. The second kappa shape index (κ2) is 5.88. The lowest BCUT2D eigenvalue weighted by atomic mass is 10.2. The zero-order valence-corrected chi connectivity index (χ0v) is 11.5. The Hall–Kier alpha value is -1.13. The Bertz CT molecular complexity index is 695. The zero-order chi connectivity index (χ0) is 16.4. The van der Waals surface area contributed by atoms with Crippen molar-refractivity contribution in [2.75, 3.05) is 19.6 Å². The molecule has 1 unspecified atom stereocenters. The Labute approximate surface area is 122 Å². The molecule has 0 amide bonds. The zero-order valence-electron chi connectivity index (χ0n) is 12.9. The number of aromatic nitrogens is 1. The van der Waals surface area contributed by atoms with E-state index in [1.54, 1.807) is 0 Å². The van der Waals surface area contributed by atoms with E-state index in [1.165, 1.54) is 22.6 Å². The summed E-state index contributed by atoms with van der Waals surface area (Å²) in [6.07, 6.45) is 1.20. The summed E-state index contributed by atoms with van der Waals surface area (Å²) >= 11 is 5.65. The molecule has 1 saturated heterocycles. The standard InChI is InChI=1S/C12H14ClN3O2S/c1-2-3-10-9-16(7-6-14-10)19(17,18)11-4-5-12(13)15-8-11/h4-5,8,10,14H,6-7,9H2,1H3/i1D3. The smallest absolute Gasteiger partial charge is 0.244 e. The molecule has 1 aromatic rings. The lowest BCUT2D eigenvalue weighted by Crippen LogP contribution is -2.51. The second-order valence-corrected chi connectivity index (χ2v) is 6.28. The number of hydrogen-bond acceptors (Lipinski definition) is 4. The van der Waals surface area contributed by atoms with E-state index >= 15 is 0 Å². The van der Waals surface area contributed by atoms with Crippen LogP contribution in [0.3, 0.4) is 0 Å². The van der Waals surface area contributed by atoms with Crippen LogP contribution in [-0.2, 0) is 10.0 Å². The SMILES string of the molecule is [2H]C([2H])([2H])C#CC1CN(S(=O)(=O)c2ccc(Cl)nc2)CCN1. The number of sulfonamides is 1. The molecule has 0 aliphatic carbocycles. The fourth-order valence-electron chi connectivity index (χ4n) is 1.79. The molecule has 1 aliphatic rings. The average Bonchev–Trinajstić information content (AvgIpc) is 2.45. The molecular formula is C12H14ClN3O2S. The third kappa shape index (κ3) is 3.25. The van der Waals surface area contributed by atoms with Crippen molar-refractivity contribution in [1.29, 1.82) is 0 Å². The molecule has 2 heterocycles. The number of nitrogens with one attached hydrogen (secondary N) is 1. The Morgan fingerprint density at radius 1 is 1.63 bits per heavy atom. The van der Waals surface area contributed by atoms with Gasteiger partial charge in [-0.15, -0.1) is 5.92 Å². The van der Waals surface area contributed by atoms with E-state index < -0.39 is 22.9 Å². The van der Waals surface area contributed by atoms with Crippen LogP contribution in [0, 0.1) is 11.8 Å². The van der Waals surface area contributed by atoms with Crippen molar-refractivity contribution in [1.82, 2.24) is 14.6 Å². The van der Waals surface area contributed by atoms with Gasteiger partial charge in [-0.25, -0.2) is 13.4 Å². The van der Waals surface area contributed by atoms with Gasteiger partial charge in [0.1, 0.15) is 10.0 Å². The van der Waals surface area contributed by atoms with E-state index in [9.17, 15) is 8.42 Å². The number of halogens is 1. The molecule has 0 radical (unpaired) electrons. The maximum atomic E-state index is 12.5. The van der Waals surface area contributed by atoms with Crippen LogP contribution in [-0.4, -0.2) is 43.4 Å². The monoisotopic (exact) mass is 302 g/mol. The van der Waals surface area contributed by atoms with Crippen LogP contribution < -0.4 is 5.32 Å². The van der Waals surface area contributed by atoms with Crippen molar-refractivity contribution in [3.8, 4) is 11.8 Å². The van der Waals surface area contributed by atoms with Crippen molar-refractivity contribution < 1.29 is 12.5 Å². The third-order valence-electron chi connectivity index (χ3n) is 2.72. The fourth-order valence-corrected chi connectivity index (χ4v) is 3.30. The first-order valence-electron chi connectivity index (χ1n) is 7.06. The molecule has 0 saturated carbocycles. The van der Waals surface area contributed by atoms with Crippen molar-refractivity contribution in [3.63, 3.8) is 0 Å². The third-order valence-corrected chi connectivity index (χ3v) is 4.79. The molecule has 1 N–H and O–H groups in total. The topological polar surface area (TPSA) is 62.3 Å². The van der Waals surface area contributed by atoms with E-state index in [2.05, 4.69) is 22.1 Å². The highest BCUT2D eigenvalue weighted by atomic mass is 35.5. The Morgan fingerprint density at radius 2 is 2.47 bits per heavy atom. The first-order chi connectivity index (χ1) is 10.2. The largest absolute Gasteiger partial charge is 0.301 e. The molecule has 19 heavy (non-hydrogen) atoms. The van der Waals surface area contributed by atoms with Gasteiger partial charge in [0, 0.05) is 29.9 Å². The van der Waals surface area contributed by atoms with E-state index in [-0.39, 0.29) is 23.1 Å². The van der Waals surface area contributed by atoms with Crippen molar-refractivity contribution >= 4 is 21.6 Å². The quantitative estimate of drug-likeness (QED) is 0.646. The summed E-state index contributed by atoms with van der Waals surface area (Å²) in [6.45, 7) is -1.62. The predicted octanol–water partition coefficient (Wildman–Crippen LogP) is 0.721. The Balaban J connectivity index is 2.17. The summed E-state index contributed by atoms with van der Waals surface area (Å²) in [4.78, 5) is 3.81. The van der Waals surface area contributed by atoms with Crippen LogP contribution in [0.5, 0.6) is 0 Å². The van der Waals surface area contributed by atoms with Gasteiger partial charge in [0.05, 0.1) is 6.04 Å². The number of hydrogen-bond donors (Lipinski definition) is 1. The van der Waals surface area contributed by atoms with Gasteiger partial charge in [-0.1, -0.05) is 17.5 Å². The van der Waals surface area contributed by atoms with Gasteiger partial charge in [-0.2, -0.15) is 4.31 Å². The molecular weight excluding hydrogens is 286 g/mol. The van der Waals surface area contributed by atoms with Crippen LogP contribution in [0.25, 0.3) is 0 Å². The van der Waals surface area contributed by atoms with Crippen LogP contribution in [0.15, 0.2) is 23.2 Å². The molecule has 1 aromatic heterocycles. The lowest BCUT2D eigenvalue weighted by molar-refractivity contribution is 0.331. The van der Waals surface area contributed by atoms with Crippen molar-refractivity contribution in [2.24, 2.45) is 0 Å². The van der Waals surface area contributed by atoms with Gasteiger partial charge < -0.3 is 5.32 Å². The van der Waals surface area contributed by atoms with Crippen LogP contribution in [0.4, 0.5) is 0 Å². The highest BCUT2D eigenvalue weighted by Gasteiger charge is 2.29. The molecule has 1 fully saturated rings. The normalized spacial score (nSPS) is 23.6. The maximum absolute atomic E-state index is 12.5. The summed E-state index contributed by atoms with van der Waals surface area (Å²) in [6, 6.07) is 2.27. The van der Waals surface area contributed by atoms with Crippen LogP contribution >= 0.6 is 11.6 Å². The maximum Gasteiger partial charge on any atom is 0.244 e. The molecule has 1 aliphatic heterocycles. The fraction of sp³-hybridized carbons (Fsp3) is 0.417. The number of rotatable bonds is 2. The molecule has 102 valence electrons. The predicted molar refractivity (Wildman–Crippen MR) is 73.2 cm³/mol. The Kier molecular flexibility index (Phi) is 3.29. The highest BCUT2D eigenvalue weighted by Crippen LogP contribution is 2.17. The first kappa shape index (κ1) is 10.6. The van der Waals surface area contributed by atoms with Gasteiger partial charge in [0.25, 0.3) is 0 Å². The minimum absolute atomic E-state index is 0.0429. The first-order valence-corrected chi connectivity index (χ1v) is 7.38. The van der Waals surface area contributed by atoms with Gasteiger partial charge >= 0.3 is 0 Å². The molecule has 0 aromatic carbocycles. The van der Waals surface area contributed by atoms with Gasteiger partial charge in [0.2, 0.25) is 10.0 Å². The number of piperazine rings is 1. The number of nitrogens with zero attached hydrogens (tertiary/aromatic N) is 2. The van der Waals surface area contributed by atoms with Crippen molar-refractivity contribution in [3.05, 3.63) is 23.5 Å².